The van der Waals surface area contributed by atoms with E-state index >= 15 is 0 Å². The highest BCUT2D eigenvalue weighted by atomic mass is 32.2. The molecule has 0 radical (unpaired) electrons. The van der Waals surface area contributed by atoms with Gasteiger partial charge in [0, 0.05) is 6.04 Å². The van der Waals surface area contributed by atoms with Gasteiger partial charge in [0.25, 0.3) is 15.9 Å². The molecule has 0 saturated heterocycles. The van der Waals surface area contributed by atoms with Gasteiger partial charge >= 0.3 is 11.9 Å². The normalized spacial score (nSPS) is 15.2. The minimum Gasteiger partial charge on any atom is -0.468 e. The number of anilines is 1. The zero-order chi connectivity index (χ0) is 22.6. The van der Waals surface area contributed by atoms with E-state index in [0.717, 1.165) is 5.56 Å². The Balaban J connectivity index is 1.73. The lowest BCUT2D eigenvalue weighted by Crippen LogP contribution is -2.35. The quantitative estimate of drug-likeness (QED) is 0.636. The summed E-state index contributed by atoms with van der Waals surface area (Å²) in [5.74, 6) is -2.19. The highest BCUT2D eigenvalue weighted by Crippen LogP contribution is 2.36. The maximum absolute atomic E-state index is 13.3. The van der Waals surface area contributed by atoms with Crippen molar-refractivity contribution in [1.82, 2.24) is 5.32 Å². The van der Waals surface area contributed by atoms with Gasteiger partial charge in [-0.2, -0.15) is 0 Å². The van der Waals surface area contributed by atoms with Gasteiger partial charge in [0.05, 0.1) is 23.3 Å². The smallest absolute Gasteiger partial charge is 0.338 e. The number of carbonyl (C=O) groups excluding carboxylic acids is 3. The third kappa shape index (κ3) is 4.85. The van der Waals surface area contributed by atoms with Crippen LogP contribution in [0.2, 0.25) is 0 Å². The van der Waals surface area contributed by atoms with E-state index in [9.17, 15) is 22.8 Å². The molecular formula is C21H22N2O7S. The van der Waals surface area contributed by atoms with Crippen LogP contribution in [-0.2, 0) is 35.5 Å². The Hall–Kier alpha value is -3.40. The number of hydrogen-bond acceptors (Lipinski definition) is 7. The first-order valence-electron chi connectivity index (χ1n) is 9.47. The highest BCUT2D eigenvalue weighted by molar-refractivity contribution is 7.92. The number of para-hydroxylation sites is 1. The van der Waals surface area contributed by atoms with E-state index in [1.54, 1.807) is 12.1 Å². The number of nitrogens with zero attached hydrogens (tertiary/aromatic N) is 1. The maximum Gasteiger partial charge on any atom is 0.338 e. The van der Waals surface area contributed by atoms with Gasteiger partial charge in [-0.05, 0) is 43.2 Å². The number of amides is 1. The van der Waals surface area contributed by atoms with Gasteiger partial charge in [-0.15, -0.1) is 0 Å². The second kappa shape index (κ2) is 9.17. The van der Waals surface area contributed by atoms with Crippen LogP contribution in [0.25, 0.3) is 0 Å². The summed E-state index contributed by atoms with van der Waals surface area (Å²) >= 11 is 0. The highest BCUT2D eigenvalue weighted by Gasteiger charge is 2.36. The number of methoxy groups -OCH3 is 1. The number of esters is 2. The van der Waals surface area contributed by atoms with Crippen molar-refractivity contribution in [2.24, 2.45) is 0 Å². The molecule has 10 heteroatoms. The summed E-state index contributed by atoms with van der Waals surface area (Å²) in [6, 6.07) is 12.5. The molecule has 1 aliphatic rings. The second-order valence-corrected chi connectivity index (χ2v) is 8.75. The zero-order valence-corrected chi connectivity index (χ0v) is 17.8. The number of ether oxygens (including phenoxy) is 2. The number of fused-ring (bicyclic) bond motifs is 1. The molecule has 0 saturated carbocycles. The SMILES string of the molecule is COC(=O)CNC(=O)COC(=O)c1cccc(S(=O)(=O)N2c3ccccc3CC2C)c1. The third-order valence-corrected chi connectivity index (χ3v) is 6.69. The van der Waals surface area contributed by atoms with Crippen molar-refractivity contribution >= 4 is 33.6 Å². The van der Waals surface area contributed by atoms with Crippen molar-refractivity contribution in [2.75, 3.05) is 24.6 Å². The number of benzene rings is 2. The van der Waals surface area contributed by atoms with Gasteiger partial charge in [0.1, 0.15) is 6.54 Å². The van der Waals surface area contributed by atoms with E-state index in [4.69, 9.17) is 4.74 Å². The molecule has 0 spiro atoms. The third-order valence-electron chi connectivity index (χ3n) is 4.76. The van der Waals surface area contributed by atoms with Gasteiger partial charge in [-0.25, -0.2) is 13.2 Å². The van der Waals surface area contributed by atoms with Crippen LogP contribution in [0, 0.1) is 0 Å². The van der Waals surface area contributed by atoms with E-state index in [1.165, 1.54) is 35.7 Å². The molecule has 0 aliphatic carbocycles. The Morgan fingerprint density at radius 1 is 1.13 bits per heavy atom. The van der Waals surface area contributed by atoms with Crippen molar-refractivity contribution < 1.29 is 32.3 Å². The van der Waals surface area contributed by atoms with Crippen LogP contribution in [0.1, 0.15) is 22.8 Å². The largest absolute Gasteiger partial charge is 0.468 e. The Labute approximate surface area is 180 Å². The Kier molecular flexibility index (Phi) is 6.59. The van der Waals surface area contributed by atoms with Gasteiger partial charge in [0.2, 0.25) is 0 Å². The topological polar surface area (TPSA) is 119 Å². The van der Waals surface area contributed by atoms with Crippen LogP contribution in [0.4, 0.5) is 5.69 Å². The molecule has 2 aromatic carbocycles. The summed E-state index contributed by atoms with van der Waals surface area (Å²) in [5, 5.41) is 2.23. The minimum atomic E-state index is -3.91. The molecule has 0 aromatic heterocycles. The van der Waals surface area contributed by atoms with Crippen molar-refractivity contribution in [3.8, 4) is 0 Å². The van der Waals surface area contributed by atoms with Gasteiger partial charge in [0.15, 0.2) is 6.61 Å². The summed E-state index contributed by atoms with van der Waals surface area (Å²) in [5.41, 5.74) is 1.54. The fourth-order valence-corrected chi connectivity index (χ4v) is 5.05. The fourth-order valence-electron chi connectivity index (χ4n) is 3.31. The first-order valence-corrected chi connectivity index (χ1v) is 10.9. The first-order chi connectivity index (χ1) is 14.7. The number of nitrogens with one attached hydrogen (secondary N) is 1. The van der Waals surface area contributed by atoms with E-state index in [1.807, 2.05) is 19.1 Å². The minimum absolute atomic E-state index is 0.0121. The average molecular weight is 446 g/mol. The lowest BCUT2D eigenvalue weighted by molar-refractivity contribution is -0.141. The summed E-state index contributed by atoms with van der Waals surface area (Å²) in [6.07, 6.45) is 0.595. The summed E-state index contributed by atoms with van der Waals surface area (Å²) in [7, 11) is -2.74. The molecule has 9 nitrogen and oxygen atoms in total. The summed E-state index contributed by atoms with van der Waals surface area (Å²) in [6.45, 7) is 0.849. The van der Waals surface area contributed by atoms with Gasteiger partial charge in [-0.3, -0.25) is 13.9 Å². The molecule has 0 bridgehead atoms. The van der Waals surface area contributed by atoms with E-state index in [-0.39, 0.29) is 23.0 Å². The monoisotopic (exact) mass is 446 g/mol. The van der Waals surface area contributed by atoms with Crippen LogP contribution in [0.5, 0.6) is 0 Å². The average Bonchev–Trinajstić information content (AvgIpc) is 3.12. The van der Waals surface area contributed by atoms with Crippen molar-refractivity contribution in [1.29, 1.82) is 0 Å². The lowest BCUT2D eigenvalue weighted by Gasteiger charge is -2.24. The maximum atomic E-state index is 13.3. The zero-order valence-electron chi connectivity index (χ0n) is 17.0. The fraction of sp³-hybridized carbons (Fsp3) is 0.286. The Bertz CT molecular complexity index is 1110. The molecule has 1 N–H and O–H groups in total. The number of carbonyl (C=O) groups is 3. The molecule has 1 unspecified atom stereocenters. The van der Waals surface area contributed by atoms with Crippen molar-refractivity contribution in [3.63, 3.8) is 0 Å². The Morgan fingerprint density at radius 3 is 2.61 bits per heavy atom. The van der Waals surface area contributed by atoms with Crippen molar-refractivity contribution in [2.45, 2.75) is 24.3 Å². The van der Waals surface area contributed by atoms with Crippen LogP contribution >= 0.6 is 0 Å². The van der Waals surface area contributed by atoms with E-state index < -0.39 is 34.5 Å². The number of sulfonamides is 1. The summed E-state index contributed by atoms with van der Waals surface area (Å²) < 4.78 is 37.2. The number of hydrogen-bond donors (Lipinski definition) is 1. The van der Waals surface area contributed by atoms with Crippen LogP contribution in [0.15, 0.2) is 53.4 Å². The molecule has 1 amide bonds. The molecule has 31 heavy (non-hydrogen) atoms. The van der Waals surface area contributed by atoms with E-state index in [2.05, 4.69) is 10.1 Å². The molecule has 1 aliphatic heterocycles. The van der Waals surface area contributed by atoms with E-state index in [0.29, 0.717) is 12.1 Å². The van der Waals surface area contributed by atoms with Crippen molar-refractivity contribution in [3.05, 3.63) is 59.7 Å². The molecule has 164 valence electrons. The summed E-state index contributed by atoms with van der Waals surface area (Å²) in [4.78, 5) is 34.9. The Morgan fingerprint density at radius 2 is 1.87 bits per heavy atom. The van der Waals surface area contributed by atoms with Gasteiger partial charge < -0.3 is 14.8 Å². The number of rotatable bonds is 7. The molecule has 0 fully saturated rings. The lowest BCUT2D eigenvalue weighted by atomic mass is 10.1. The predicted molar refractivity (Wildman–Crippen MR) is 111 cm³/mol. The van der Waals surface area contributed by atoms with Crippen LogP contribution in [-0.4, -0.2) is 52.6 Å². The molecular weight excluding hydrogens is 424 g/mol. The van der Waals surface area contributed by atoms with Crippen LogP contribution in [0.3, 0.4) is 0 Å². The van der Waals surface area contributed by atoms with Crippen LogP contribution < -0.4 is 9.62 Å². The molecule has 1 heterocycles. The van der Waals surface area contributed by atoms with Gasteiger partial charge in [-0.1, -0.05) is 24.3 Å². The standard InChI is InChI=1S/C21H22N2O7S/c1-14-10-15-6-3-4-9-18(15)23(14)31(27,28)17-8-5-7-16(11-17)21(26)30-13-19(24)22-12-20(25)29-2/h3-9,11,14H,10,12-13H2,1-2H3,(H,22,24). The molecule has 3 rings (SSSR count). The predicted octanol–water partition coefficient (Wildman–Crippen LogP) is 1.27. The molecule has 2 aromatic rings. The molecule has 1 atom stereocenters. The second-order valence-electron chi connectivity index (χ2n) is 6.94. The first kappa shape index (κ1) is 22.3.